The summed E-state index contributed by atoms with van der Waals surface area (Å²) in [5.74, 6) is 0.369. The topological polar surface area (TPSA) is 42.0 Å². The van der Waals surface area contributed by atoms with E-state index in [2.05, 4.69) is 16.7 Å². The van der Waals surface area contributed by atoms with Crippen molar-refractivity contribution in [1.29, 1.82) is 0 Å². The van der Waals surface area contributed by atoms with Crippen molar-refractivity contribution in [1.82, 2.24) is 9.80 Å². The molecule has 2 atom stereocenters. The molecule has 0 aromatic carbocycles. The molecule has 0 unspecified atom stereocenters. The molecule has 2 heterocycles. The van der Waals surface area contributed by atoms with E-state index in [0.717, 1.165) is 58.2 Å². The van der Waals surface area contributed by atoms with Gasteiger partial charge >= 0.3 is 0 Å². The molecule has 5 nitrogen and oxygen atoms in total. The third kappa shape index (κ3) is 2.38. The zero-order chi connectivity index (χ0) is 14.1. The van der Waals surface area contributed by atoms with Gasteiger partial charge in [0, 0.05) is 43.4 Å². The molecule has 112 valence electrons. The van der Waals surface area contributed by atoms with Crippen LogP contribution in [0.3, 0.4) is 0 Å². The van der Waals surface area contributed by atoms with Gasteiger partial charge in [-0.3, -0.25) is 9.69 Å². The van der Waals surface area contributed by atoms with Crippen LogP contribution < -0.4 is 0 Å². The summed E-state index contributed by atoms with van der Waals surface area (Å²) in [5, 5.41) is 0. The average molecular weight is 280 g/mol. The van der Waals surface area contributed by atoms with Crippen LogP contribution in [-0.4, -0.2) is 74.2 Å². The Kier molecular flexibility index (Phi) is 4.10. The van der Waals surface area contributed by atoms with Crippen molar-refractivity contribution in [3.05, 3.63) is 11.3 Å². The predicted molar refractivity (Wildman–Crippen MR) is 75.4 cm³/mol. The monoisotopic (exact) mass is 280 g/mol. The summed E-state index contributed by atoms with van der Waals surface area (Å²) in [5.41, 5.74) is 2.20. The van der Waals surface area contributed by atoms with Gasteiger partial charge in [0.05, 0.1) is 32.5 Å². The maximum atomic E-state index is 12.4. The van der Waals surface area contributed by atoms with Gasteiger partial charge in [0.2, 0.25) is 0 Å². The standard InChI is InChI=1S/C15H24N2O3/c1-11-13(16-3-7-19-8-4-16)14(12(2)15(11)18)17-5-9-20-10-6-17/h11,13H,3-10H2,1-2H3/t11-,13-/m1/s1. The van der Waals surface area contributed by atoms with Gasteiger partial charge in [-0.2, -0.15) is 0 Å². The molecule has 0 spiro atoms. The molecule has 2 fully saturated rings. The fourth-order valence-corrected chi connectivity index (χ4v) is 3.64. The molecule has 0 aromatic heterocycles. The van der Waals surface area contributed by atoms with E-state index in [4.69, 9.17) is 9.47 Å². The van der Waals surface area contributed by atoms with E-state index >= 15 is 0 Å². The third-order valence-electron chi connectivity index (χ3n) is 4.71. The Labute approximate surface area is 120 Å². The number of hydrogen-bond donors (Lipinski definition) is 0. The number of rotatable bonds is 2. The first-order valence-corrected chi connectivity index (χ1v) is 7.59. The van der Waals surface area contributed by atoms with Crippen molar-refractivity contribution in [2.24, 2.45) is 5.92 Å². The van der Waals surface area contributed by atoms with E-state index in [1.165, 1.54) is 5.70 Å². The number of ether oxygens (including phenoxy) is 2. The minimum Gasteiger partial charge on any atom is -0.379 e. The van der Waals surface area contributed by atoms with E-state index in [1.54, 1.807) is 0 Å². The van der Waals surface area contributed by atoms with Crippen LogP contribution in [0.15, 0.2) is 11.3 Å². The predicted octanol–water partition coefficient (Wildman–Crippen LogP) is 0.512. The molecule has 2 saturated heterocycles. The maximum absolute atomic E-state index is 12.4. The van der Waals surface area contributed by atoms with E-state index in [1.807, 2.05) is 6.92 Å². The highest BCUT2D eigenvalue weighted by Crippen LogP contribution is 2.35. The van der Waals surface area contributed by atoms with Gasteiger partial charge in [0.25, 0.3) is 0 Å². The van der Waals surface area contributed by atoms with Crippen molar-refractivity contribution >= 4 is 5.78 Å². The van der Waals surface area contributed by atoms with Crippen molar-refractivity contribution in [2.45, 2.75) is 19.9 Å². The molecule has 1 aliphatic carbocycles. The summed E-state index contributed by atoms with van der Waals surface area (Å²) in [4.78, 5) is 17.2. The molecule has 0 aromatic rings. The molecule has 3 rings (SSSR count). The Bertz CT molecular complexity index is 409. The molecule has 5 heteroatoms. The number of morpholine rings is 2. The maximum Gasteiger partial charge on any atom is 0.165 e. The second kappa shape index (κ2) is 5.84. The minimum absolute atomic E-state index is 0.0611. The summed E-state index contributed by atoms with van der Waals surface area (Å²) in [7, 11) is 0. The van der Waals surface area contributed by atoms with E-state index in [-0.39, 0.29) is 12.0 Å². The highest BCUT2D eigenvalue weighted by atomic mass is 16.5. The Morgan fingerprint density at radius 1 is 1.00 bits per heavy atom. The molecule has 20 heavy (non-hydrogen) atoms. The number of carbonyl (C=O) groups excluding carboxylic acids is 1. The van der Waals surface area contributed by atoms with Gasteiger partial charge in [-0.1, -0.05) is 6.92 Å². The molecular weight excluding hydrogens is 256 g/mol. The lowest BCUT2D eigenvalue weighted by Gasteiger charge is -2.40. The van der Waals surface area contributed by atoms with Gasteiger partial charge in [0.1, 0.15) is 0 Å². The summed E-state index contributed by atoms with van der Waals surface area (Å²) < 4.78 is 10.9. The fraction of sp³-hybridized carbons (Fsp3) is 0.800. The molecular formula is C15H24N2O3. The second-order valence-corrected chi connectivity index (χ2v) is 5.86. The molecule has 0 saturated carbocycles. The Morgan fingerprint density at radius 2 is 1.55 bits per heavy atom. The minimum atomic E-state index is 0.0611. The lowest BCUT2D eigenvalue weighted by Crippen LogP contribution is -2.50. The second-order valence-electron chi connectivity index (χ2n) is 5.86. The summed E-state index contributed by atoms with van der Waals surface area (Å²) in [6.07, 6.45) is 0. The first kappa shape index (κ1) is 14.0. The normalized spacial score (nSPS) is 33.1. The number of hydrogen-bond acceptors (Lipinski definition) is 5. The smallest absolute Gasteiger partial charge is 0.165 e. The first-order chi connectivity index (χ1) is 9.70. The number of carbonyl (C=O) groups is 1. The zero-order valence-corrected chi connectivity index (χ0v) is 12.4. The van der Waals surface area contributed by atoms with Crippen LogP contribution in [0.5, 0.6) is 0 Å². The molecule has 3 aliphatic rings. The van der Waals surface area contributed by atoms with Gasteiger partial charge in [-0.25, -0.2) is 0 Å². The highest BCUT2D eigenvalue weighted by molar-refractivity contribution is 6.00. The number of nitrogens with zero attached hydrogens (tertiary/aromatic N) is 2. The number of ketones is 1. The molecule has 0 amide bonds. The van der Waals surface area contributed by atoms with Gasteiger partial charge < -0.3 is 14.4 Å². The summed E-state index contributed by atoms with van der Waals surface area (Å²) in [6.45, 7) is 10.8. The van der Waals surface area contributed by atoms with Crippen molar-refractivity contribution in [3.8, 4) is 0 Å². The Balaban J connectivity index is 1.86. The van der Waals surface area contributed by atoms with E-state index in [0.29, 0.717) is 5.78 Å². The Hall–Kier alpha value is -0.910. The Morgan fingerprint density at radius 3 is 2.15 bits per heavy atom. The van der Waals surface area contributed by atoms with Crippen molar-refractivity contribution in [3.63, 3.8) is 0 Å². The summed E-state index contributed by atoms with van der Waals surface area (Å²) in [6, 6.07) is 0.226. The summed E-state index contributed by atoms with van der Waals surface area (Å²) >= 11 is 0. The van der Waals surface area contributed by atoms with Crippen LogP contribution in [0.1, 0.15) is 13.8 Å². The largest absolute Gasteiger partial charge is 0.379 e. The zero-order valence-electron chi connectivity index (χ0n) is 12.4. The van der Waals surface area contributed by atoms with E-state index in [9.17, 15) is 4.79 Å². The van der Waals surface area contributed by atoms with Crippen LogP contribution in [0.4, 0.5) is 0 Å². The lowest BCUT2D eigenvalue weighted by molar-refractivity contribution is -0.119. The SMILES string of the molecule is CC1=C(N2CCOCC2)[C@H](N2CCOCC2)[C@@H](C)C1=O. The fourth-order valence-electron chi connectivity index (χ4n) is 3.64. The molecule has 2 aliphatic heterocycles. The highest BCUT2D eigenvalue weighted by Gasteiger charge is 2.43. The van der Waals surface area contributed by atoms with Crippen LogP contribution in [-0.2, 0) is 14.3 Å². The first-order valence-electron chi connectivity index (χ1n) is 7.59. The lowest BCUT2D eigenvalue weighted by atomic mass is 10.00. The van der Waals surface area contributed by atoms with Crippen LogP contribution in [0.25, 0.3) is 0 Å². The van der Waals surface area contributed by atoms with Crippen LogP contribution in [0, 0.1) is 5.92 Å². The van der Waals surface area contributed by atoms with Crippen molar-refractivity contribution < 1.29 is 14.3 Å². The number of Topliss-reactive ketones (excluding diaryl/α,β-unsaturated/α-hetero) is 1. The molecule has 0 radical (unpaired) electrons. The van der Waals surface area contributed by atoms with E-state index < -0.39 is 0 Å². The quantitative estimate of drug-likeness (QED) is 0.737. The van der Waals surface area contributed by atoms with Gasteiger partial charge in [-0.15, -0.1) is 0 Å². The average Bonchev–Trinajstić information content (AvgIpc) is 2.73. The van der Waals surface area contributed by atoms with Crippen LogP contribution >= 0.6 is 0 Å². The van der Waals surface area contributed by atoms with Crippen LogP contribution in [0.2, 0.25) is 0 Å². The van der Waals surface area contributed by atoms with Crippen molar-refractivity contribution in [2.75, 3.05) is 52.6 Å². The molecule has 0 N–H and O–H groups in total. The van der Waals surface area contributed by atoms with Gasteiger partial charge in [0.15, 0.2) is 5.78 Å². The number of allylic oxidation sites excluding steroid dienone is 1. The molecule has 0 bridgehead atoms. The van der Waals surface area contributed by atoms with Gasteiger partial charge in [-0.05, 0) is 6.92 Å². The third-order valence-corrected chi connectivity index (χ3v) is 4.71.